The lowest BCUT2D eigenvalue weighted by molar-refractivity contribution is -0.118. The maximum atomic E-state index is 12.6. The van der Waals surface area contributed by atoms with Gasteiger partial charge in [0, 0.05) is 5.56 Å². The summed E-state index contributed by atoms with van der Waals surface area (Å²) in [6.07, 6.45) is 1.93. The van der Waals surface area contributed by atoms with Crippen LogP contribution in [-0.4, -0.2) is 24.3 Å². The van der Waals surface area contributed by atoms with Crippen molar-refractivity contribution in [1.82, 2.24) is 5.32 Å². The molecule has 170 valence electrons. The minimum atomic E-state index is -0.511. The van der Waals surface area contributed by atoms with Gasteiger partial charge in [0.15, 0.2) is 6.61 Å². The molecule has 0 atom stereocenters. The van der Waals surface area contributed by atoms with Crippen LogP contribution in [0.3, 0.4) is 0 Å². The maximum absolute atomic E-state index is 12.6. The van der Waals surface area contributed by atoms with Crippen LogP contribution in [0.4, 0.5) is 5.69 Å². The standard InChI is InChI=1S/C26H32N2O4/c1-7-25(3,4)16-12-13-20(18(14-16)26(5,6)8-2)32-15-21(29)27-19-11-9-10-17-22(19)24(31)28-23(17)30/h9-14H,7-8,15H2,1-6H3,(H,27,29)(H,28,30,31). The van der Waals surface area contributed by atoms with Crippen molar-refractivity contribution in [3.63, 3.8) is 0 Å². The molecule has 3 amide bonds. The Hall–Kier alpha value is -3.15. The second-order valence-electron chi connectivity index (χ2n) is 9.53. The lowest BCUT2D eigenvalue weighted by Gasteiger charge is -2.30. The first-order valence-electron chi connectivity index (χ1n) is 11.1. The average Bonchev–Trinajstić information content (AvgIpc) is 3.06. The van der Waals surface area contributed by atoms with Crippen molar-refractivity contribution in [3.05, 3.63) is 58.7 Å². The largest absolute Gasteiger partial charge is 0.483 e. The van der Waals surface area contributed by atoms with Gasteiger partial charge < -0.3 is 10.1 Å². The van der Waals surface area contributed by atoms with E-state index in [1.165, 1.54) is 5.56 Å². The summed E-state index contributed by atoms with van der Waals surface area (Å²) < 4.78 is 5.95. The van der Waals surface area contributed by atoms with E-state index >= 15 is 0 Å². The minimum Gasteiger partial charge on any atom is -0.483 e. The van der Waals surface area contributed by atoms with Crippen LogP contribution in [0, 0.1) is 0 Å². The maximum Gasteiger partial charge on any atom is 0.262 e. The molecule has 3 rings (SSSR count). The molecular formula is C26H32N2O4. The number of nitrogens with one attached hydrogen (secondary N) is 2. The first kappa shape index (κ1) is 23.5. The molecule has 2 N–H and O–H groups in total. The van der Waals surface area contributed by atoms with Gasteiger partial charge >= 0.3 is 0 Å². The van der Waals surface area contributed by atoms with Crippen LogP contribution in [0.2, 0.25) is 0 Å². The monoisotopic (exact) mass is 436 g/mol. The summed E-state index contributed by atoms with van der Waals surface area (Å²) in [6, 6.07) is 11.0. The number of amides is 3. The highest BCUT2D eigenvalue weighted by Crippen LogP contribution is 2.38. The van der Waals surface area contributed by atoms with Gasteiger partial charge in [-0.25, -0.2) is 0 Å². The van der Waals surface area contributed by atoms with Crippen LogP contribution in [0.1, 0.15) is 86.2 Å². The van der Waals surface area contributed by atoms with Crippen molar-refractivity contribution in [2.45, 2.75) is 65.2 Å². The van der Waals surface area contributed by atoms with E-state index in [4.69, 9.17) is 4.74 Å². The Bertz CT molecular complexity index is 1070. The summed E-state index contributed by atoms with van der Waals surface area (Å²) in [5, 5.41) is 4.95. The second kappa shape index (κ2) is 8.77. The Kier molecular flexibility index (Phi) is 6.44. The summed E-state index contributed by atoms with van der Waals surface area (Å²) in [7, 11) is 0. The summed E-state index contributed by atoms with van der Waals surface area (Å²) in [5.74, 6) is -0.695. The first-order chi connectivity index (χ1) is 15.0. The Morgan fingerprint density at radius 2 is 1.66 bits per heavy atom. The molecule has 0 saturated heterocycles. The van der Waals surface area contributed by atoms with Crippen molar-refractivity contribution in [3.8, 4) is 5.75 Å². The minimum absolute atomic E-state index is 0.0418. The molecule has 0 radical (unpaired) electrons. The second-order valence-corrected chi connectivity index (χ2v) is 9.53. The summed E-state index contributed by atoms with van der Waals surface area (Å²) in [6.45, 7) is 12.9. The van der Waals surface area contributed by atoms with Gasteiger partial charge in [-0.3, -0.25) is 19.7 Å². The average molecular weight is 437 g/mol. The van der Waals surface area contributed by atoms with E-state index in [-0.39, 0.29) is 28.6 Å². The van der Waals surface area contributed by atoms with E-state index in [0.717, 1.165) is 18.4 Å². The van der Waals surface area contributed by atoms with Crippen LogP contribution in [0.15, 0.2) is 36.4 Å². The van der Waals surface area contributed by atoms with Crippen LogP contribution in [-0.2, 0) is 15.6 Å². The Labute approximate surface area is 189 Å². The molecule has 6 heteroatoms. The fourth-order valence-corrected chi connectivity index (χ4v) is 3.65. The van der Waals surface area contributed by atoms with Gasteiger partial charge in [-0.15, -0.1) is 0 Å². The Balaban J connectivity index is 1.81. The molecule has 1 aliphatic rings. The van der Waals surface area contributed by atoms with Crippen LogP contribution >= 0.6 is 0 Å². The molecule has 1 aliphatic heterocycles. The summed E-state index contributed by atoms with van der Waals surface area (Å²) in [5.41, 5.74) is 2.97. The molecule has 1 heterocycles. The summed E-state index contributed by atoms with van der Waals surface area (Å²) in [4.78, 5) is 36.5. The predicted molar refractivity (Wildman–Crippen MR) is 125 cm³/mol. The third kappa shape index (κ3) is 4.54. The number of benzene rings is 2. The third-order valence-electron chi connectivity index (χ3n) is 6.65. The molecule has 0 saturated carbocycles. The number of rotatable bonds is 8. The number of carbonyl (C=O) groups excluding carboxylic acids is 3. The van der Waals surface area contributed by atoms with E-state index in [1.807, 2.05) is 6.07 Å². The number of hydrogen-bond acceptors (Lipinski definition) is 4. The number of imide groups is 1. The van der Waals surface area contributed by atoms with Crippen molar-refractivity contribution in [2.24, 2.45) is 0 Å². The van der Waals surface area contributed by atoms with Crippen LogP contribution < -0.4 is 15.4 Å². The fourth-order valence-electron chi connectivity index (χ4n) is 3.65. The van der Waals surface area contributed by atoms with E-state index < -0.39 is 17.7 Å². The first-order valence-corrected chi connectivity index (χ1v) is 11.1. The van der Waals surface area contributed by atoms with Crippen molar-refractivity contribution in [1.29, 1.82) is 0 Å². The molecule has 6 nitrogen and oxygen atoms in total. The Morgan fingerprint density at radius 1 is 0.969 bits per heavy atom. The molecule has 2 aromatic rings. The van der Waals surface area contributed by atoms with Gasteiger partial charge in [-0.2, -0.15) is 0 Å². The van der Waals surface area contributed by atoms with Gasteiger partial charge in [0.05, 0.1) is 16.8 Å². The third-order valence-corrected chi connectivity index (χ3v) is 6.65. The highest BCUT2D eigenvalue weighted by molar-refractivity contribution is 6.24. The normalized spacial score (nSPS) is 13.6. The van der Waals surface area contributed by atoms with Gasteiger partial charge in [-0.05, 0) is 47.4 Å². The van der Waals surface area contributed by atoms with Crippen molar-refractivity contribution < 1.29 is 19.1 Å². The summed E-state index contributed by atoms with van der Waals surface area (Å²) >= 11 is 0. The molecule has 0 aliphatic carbocycles. The van der Waals surface area contributed by atoms with E-state index in [0.29, 0.717) is 11.4 Å². The molecule has 0 fully saturated rings. The SMILES string of the molecule is CCC(C)(C)c1ccc(OCC(=O)Nc2cccc3c2C(=O)NC3=O)c(C(C)(C)CC)c1. The molecular weight excluding hydrogens is 404 g/mol. The highest BCUT2D eigenvalue weighted by atomic mass is 16.5. The number of hydrogen-bond donors (Lipinski definition) is 2. The number of ether oxygens (including phenoxy) is 1. The van der Waals surface area contributed by atoms with Crippen LogP contribution in [0.25, 0.3) is 0 Å². The van der Waals surface area contributed by atoms with Crippen LogP contribution in [0.5, 0.6) is 5.75 Å². The molecule has 0 bridgehead atoms. The lowest BCUT2D eigenvalue weighted by Crippen LogP contribution is -2.25. The van der Waals surface area contributed by atoms with Gasteiger partial charge in [0.2, 0.25) is 0 Å². The molecule has 32 heavy (non-hydrogen) atoms. The van der Waals surface area contributed by atoms with Gasteiger partial charge in [0.1, 0.15) is 5.75 Å². The van der Waals surface area contributed by atoms with Gasteiger partial charge in [-0.1, -0.05) is 59.7 Å². The van der Waals surface area contributed by atoms with E-state index in [9.17, 15) is 14.4 Å². The zero-order valence-electron chi connectivity index (χ0n) is 19.7. The fraction of sp³-hybridized carbons (Fsp3) is 0.423. The van der Waals surface area contributed by atoms with Crippen molar-refractivity contribution in [2.75, 3.05) is 11.9 Å². The van der Waals surface area contributed by atoms with E-state index in [2.05, 4.69) is 64.3 Å². The number of anilines is 1. The molecule has 0 aromatic heterocycles. The molecule has 0 unspecified atom stereocenters. The molecule has 2 aromatic carbocycles. The van der Waals surface area contributed by atoms with Gasteiger partial charge in [0.25, 0.3) is 17.7 Å². The lowest BCUT2D eigenvalue weighted by atomic mass is 9.76. The zero-order valence-corrected chi connectivity index (χ0v) is 19.7. The zero-order chi connectivity index (χ0) is 23.7. The smallest absolute Gasteiger partial charge is 0.262 e. The Morgan fingerprint density at radius 3 is 2.31 bits per heavy atom. The predicted octanol–water partition coefficient (Wildman–Crippen LogP) is 4.96. The van der Waals surface area contributed by atoms with E-state index in [1.54, 1.807) is 18.2 Å². The van der Waals surface area contributed by atoms with Crippen molar-refractivity contribution >= 4 is 23.4 Å². The quantitative estimate of drug-likeness (QED) is 0.573. The topological polar surface area (TPSA) is 84.5 Å². The number of carbonyl (C=O) groups is 3. The number of fused-ring (bicyclic) bond motifs is 1. The highest BCUT2D eigenvalue weighted by Gasteiger charge is 2.30. The molecule has 0 spiro atoms.